The first-order valence-corrected chi connectivity index (χ1v) is 8.73. The number of hydrogen-bond donors (Lipinski definition) is 1. The Morgan fingerprint density at radius 3 is 2.52 bits per heavy atom. The molecule has 1 aromatic heterocycles. The number of carbonyl (C=O) groups excluding carboxylic acids is 1. The van der Waals surface area contributed by atoms with Crippen molar-refractivity contribution in [3.05, 3.63) is 54.9 Å². The number of para-hydroxylation sites is 1. The van der Waals surface area contributed by atoms with Crippen LogP contribution in [0.2, 0.25) is 0 Å². The fourth-order valence-corrected chi connectivity index (χ4v) is 3.19. The fraction of sp³-hybridized carbons (Fsp3) is 0.167. The molecule has 1 heterocycles. The molecule has 3 rings (SSSR count). The maximum absolute atomic E-state index is 12.4. The largest absolute Gasteiger partial charge is 0.573 e. The molecule has 1 amide bonds. The minimum atomic E-state index is -4.75. The third kappa shape index (κ3) is 5.10. The van der Waals surface area contributed by atoms with E-state index in [2.05, 4.69) is 20.0 Å². The molecule has 1 atom stereocenters. The second-order valence-corrected chi connectivity index (χ2v) is 6.85. The summed E-state index contributed by atoms with van der Waals surface area (Å²) in [6.07, 6.45) is -3.31. The number of nitrogens with zero attached hydrogens (tertiary/aromatic N) is 2. The van der Waals surface area contributed by atoms with E-state index >= 15 is 0 Å². The van der Waals surface area contributed by atoms with Gasteiger partial charge in [-0.15, -0.1) is 13.2 Å². The predicted molar refractivity (Wildman–Crippen MR) is 96.6 cm³/mol. The number of ether oxygens (including phenoxy) is 1. The normalized spacial score (nSPS) is 12.6. The Morgan fingerprint density at radius 2 is 1.81 bits per heavy atom. The van der Waals surface area contributed by atoms with Gasteiger partial charge in [-0.2, -0.15) is 0 Å². The van der Waals surface area contributed by atoms with Crippen LogP contribution in [0.1, 0.15) is 6.92 Å². The fourth-order valence-electron chi connectivity index (χ4n) is 2.28. The molecule has 0 spiro atoms. The van der Waals surface area contributed by atoms with E-state index in [1.807, 2.05) is 24.3 Å². The van der Waals surface area contributed by atoms with Gasteiger partial charge in [-0.05, 0) is 37.3 Å². The predicted octanol–water partition coefficient (Wildman–Crippen LogP) is 4.65. The smallest absolute Gasteiger partial charge is 0.406 e. The number of thioether (sulfide) groups is 1. The zero-order valence-electron chi connectivity index (χ0n) is 14.0. The van der Waals surface area contributed by atoms with Gasteiger partial charge in [-0.3, -0.25) is 4.79 Å². The van der Waals surface area contributed by atoms with Gasteiger partial charge in [0, 0.05) is 11.1 Å². The van der Waals surface area contributed by atoms with Crippen molar-refractivity contribution in [3.63, 3.8) is 0 Å². The second kappa shape index (κ2) is 7.83. The lowest BCUT2D eigenvalue weighted by Gasteiger charge is -2.13. The van der Waals surface area contributed by atoms with E-state index in [-0.39, 0.29) is 11.7 Å². The highest BCUT2D eigenvalue weighted by Gasteiger charge is 2.31. The molecule has 5 nitrogen and oxygen atoms in total. The summed E-state index contributed by atoms with van der Waals surface area (Å²) in [5, 5.41) is 3.71. The number of rotatable bonds is 5. The van der Waals surface area contributed by atoms with Gasteiger partial charge in [0.1, 0.15) is 17.1 Å². The summed E-state index contributed by atoms with van der Waals surface area (Å²) in [5.41, 5.74) is 1.15. The number of benzene rings is 2. The Balaban J connectivity index is 1.65. The first-order chi connectivity index (χ1) is 12.8. The van der Waals surface area contributed by atoms with Crippen molar-refractivity contribution in [2.45, 2.75) is 23.6 Å². The Bertz CT molecular complexity index is 943. The minimum Gasteiger partial charge on any atom is -0.406 e. The molecule has 140 valence electrons. The number of carbonyl (C=O) groups is 1. The Labute approximate surface area is 157 Å². The van der Waals surface area contributed by atoms with E-state index in [1.165, 1.54) is 30.2 Å². The third-order valence-electron chi connectivity index (χ3n) is 3.52. The SMILES string of the molecule is CC(Sc1ncnc2ccccc12)C(=O)Nc1ccc(OC(F)(F)F)cc1. The monoisotopic (exact) mass is 393 g/mol. The zero-order valence-corrected chi connectivity index (χ0v) is 14.8. The van der Waals surface area contributed by atoms with Crippen molar-refractivity contribution >= 4 is 34.3 Å². The Morgan fingerprint density at radius 1 is 1.11 bits per heavy atom. The van der Waals surface area contributed by atoms with Crippen LogP contribution in [-0.2, 0) is 4.79 Å². The van der Waals surface area contributed by atoms with Gasteiger partial charge in [0.15, 0.2) is 0 Å². The van der Waals surface area contributed by atoms with Crippen LogP contribution < -0.4 is 10.1 Å². The van der Waals surface area contributed by atoms with Gasteiger partial charge in [0.25, 0.3) is 0 Å². The summed E-state index contributed by atoms with van der Waals surface area (Å²) in [6.45, 7) is 1.72. The number of hydrogen-bond acceptors (Lipinski definition) is 5. The minimum absolute atomic E-state index is 0.299. The molecule has 3 aromatic rings. The molecule has 0 fully saturated rings. The number of alkyl halides is 3. The summed E-state index contributed by atoms with van der Waals surface area (Å²) in [7, 11) is 0. The maximum Gasteiger partial charge on any atom is 0.573 e. The molecule has 0 bridgehead atoms. The second-order valence-electron chi connectivity index (χ2n) is 5.52. The van der Waals surface area contributed by atoms with Gasteiger partial charge in [0.2, 0.25) is 5.91 Å². The molecule has 0 saturated heterocycles. The number of anilines is 1. The molecule has 1 unspecified atom stereocenters. The lowest BCUT2D eigenvalue weighted by Crippen LogP contribution is -2.22. The van der Waals surface area contributed by atoms with Crippen LogP contribution >= 0.6 is 11.8 Å². The molecule has 0 radical (unpaired) electrons. The van der Waals surface area contributed by atoms with Crippen LogP contribution in [0.5, 0.6) is 5.75 Å². The molecule has 2 aromatic carbocycles. The van der Waals surface area contributed by atoms with Crippen molar-refractivity contribution in [3.8, 4) is 5.75 Å². The average molecular weight is 393 g/mol. The van der Waals surface area contributed by atoms with Crippen molar-refractivity contribution in [2.24, 2.45) is 0 Å². The molecular weight excluding hydrogens is 379 g/mol. The van der Waals surface area contributed by atoms with E-state index in [1.54, 1.807) is 6.92 Å². The van der Waals surface area contributed by atoms with E-state index in [0.717, 1.165) is 23.0 Å². The number of halogens is 3. The first kappa shape index (κ1) is 19.0. The number of aromatic nitrogens is 2. The van der Waals surface area contributed by atoms with Crippen molar-refractivity contribution in [1.29, 1.82) is 0 Å². The lowest BCUT2D eigenvalue weighted by molar-refractivity contribution is -0.274. The van der Waals surface area contributed by atoms with E-state index in [0.29, 0.717) is 10.7 Å². The van der Waals surface area contributed by atoms with E-state index in [4.69, 9.17) is 0 Å². The first-order valence-electron chi connectivity index (χ1n) is 7.85. The third-order valence-corrected chi connectivity index (χ3v) is 4.64. The average Bonchev–Trinajstić information content (AvgIpc) is 2.62. The van der Waals surface area contributed by atoms with Crippen LogP contribution in [0.3, 0.4) is 0 Å². The Hall–Kier alpha value is -2.81. The van der Waals surface area contributed by atoms with Gasteiger partial charge in [-0.25, -0.2) is 9.97 Å². The van der Waals surface area contributed by atoms with Crippen molar-refractivity contribution in [1.82, 2.24) is 9.97 Å². The number of fused-ring (bicyclic) bond motifs is 1. The van der Waals surface area contributed by atoms with Gasteiger partial charge in [0.05, 0.1) is 10.8 Å². The quantitative estimate of drug-likeness (QED) is 0.505. The number of amides is 1. The highest BCUT2D eigenvalue weighted by Crippen LogP contribution is 2.29. The Kier molecular flexibility index (Phi) is 5.50. The molecule has 9 heteroatoms. The standard InChI is InChI=1S/C18H14F3N3O2S/c1-11(27-17-14-4-2-3-5-15(14)22-10-23-17)16(25)24-12-6-8-13(9-7-12)26-18(19,20)21/h2-11H,1H3,(H,24,25). The summed E-state index contributed by atoms with van der Waals surface area (Å²) >= 11 is 1.27. The van der Waals surface area contributed by atoms with Crippen molar-refractivity contribution in [2.75, 3.05) is 5.32 Å². The zero-order chi connectivity index (χ0) is 19.4. The van der Waals surface area contributed by atoms with Crippen LogP contribution in [0, 0.1) is 0 Å². The molecule has 0 aliphatic carbocycles. The summed E-state index contributed by atoms with van der Waals surface area (Å²) < 4.78 is 40.3. The topological polar surface area (TPSA) is 64.1 Å². The van der Waals surface area contributed by atoms with Crippen LogP contribution in [-0.4, -0.2) is 27.5 Å². The summed E-state index contributed by atoms with van der Waals surface area (Å²) in [5.74, 6) is -0.650. The molecule has 0 aliphatic heterocycles. The molecule has 0 aliphatic rings. The van der Waals surface area contributed by atoms with Crippen LogP contribution in [0.4, 0.5) is 18.9 Å². The summed E-state index contributed by atoms with van der Waals surface area (Å²) in [4.78, 5) is 20.8. The van der Waals surface area contributed by atoms with Crippen LogP contribution in [0.15, 0.2) is 59.9 Å². The van der Waals surface area contributed by atoms with Crippen LogP contribution in [0.25, 0.3) is 10.9 Å². The van der Waals surface area contributed by atoms with Crippen molar-refractivity contribution < 1.29 is 22.7 Å². The molecule has 1 N–H and O–H groups in total. The van der Waals surface area contributed by atoms with Gasteiger partial charge >= 0.3 is 6.36 Å². The summed E-state index contributed by atoms with van der Waals surface area (Å²) in [6, 6.07) is 12.4. The maximum atomic E-state index is 12.4. The van der Waals surface area contributed by atoms with Gasteiger partial charge in [-0.1, -0.05) is 30.0 Å². The van der Waals surface area contributed by atoms with E-state index in [9.17, 15) is 18.0 Å². The molecule has 0 saturated carbocycles. The molecule has 27 heavy (non-hydrogen) atoms. The van der Waals surface area contributed by atoms with E-state index < -0.39 is 11.6 Å². The highest BCUT2D eigenvalue weighted by molar-refractivity contribution is 8.00. The number of nitrogens with one attached hydrogen (secondary N) is 1. The van der Waals surface area contributed by atoms with Gasteiger partial charge < -0.3 is 10.1 Å². The highest BCUT2D eigenvalue weighted by atomic mass is 32.2. The molecular formula is C18H14F3N3O2S. The lowest BCUT2D eigenvalue weighted by atomic mass is 10.2.